The van der Waals surface area contributed by atoms with Crippen LogP contribution < -0.4 is 5.32 Å². The van der Waals surface area contributed by atoms with Crippen molar-refractivity contribution in [3.05, 3.63) is 0 Å². The van der Waals surface area contributed by atoms with E-state index in [-0.39, 0.29) is 25.0 Å². The Bertz CT molecular complexity index is 197. The minimum absolute atomic E-state index is 0.146. The molecule has 1 aliphatic rings. The first kappa shape index (κ1) is 11.4. The molecule has 0 spiro atoms. The SMILES string of the molecule is CC(CO)(CO)NC(=O)C1CCOC1. The van der Waals surface area contributed by atoms with E-state index in [4.69, 9.17) is 14.9 Å². The van der Waals surface area contributed by atoms with Crippen LogP contribution in [0.2, 0.25) is 0 Å². The molecule has 0 saturated carbocycles. The Labute approximate surface area is 83.1 Å². The Hall–Kier alpha value is -0.650. The fraction of sp³-hybridized carbons (Fsp3) is 0.889. The minimum Gasteiger partial charge on any atom is -0.394 e. The molecule has 0 aromatic heterocycles. The topological polar surface area (TPSA) is 78.8 Å². The lowest BCUT2D eigenvalue weighted by molar-refractivity contribution is -0.128. The van der Waals surface area contributed by atoms with Crippen LogP contribution in [0.3, 0.4) is 0 Å². The second-order valence-corrected chi connectivity index (χ2v) is 3.93. The van der Waals surface area contributed by atoms with Gasteiger partial charge in [0.05, 0.1) is 31.3 Å². The van der Waals surface area contributed by atoms with Crippen molar-refractivity contribution in [3.63, 3.8) is 0 Å². The fourth-order valence-electron chi connectivity index (χ4n) is 1.27. The van der Waals surface area contributed by atoms with Crippen LogP contribution in [0.5, 0.6) is 0 Å². The standard InChI is InChI=1S/C9H17NO4/c1-9(5-11,6-12)10-8(13)7-2-3-14-4-7/h7,11-12H,2-6H2,1H3,(H,10,13). The van der Waals surface area contributed by atoms with Crippen LogP contribution in [0.1, 0.15) is 13.3 Å². The number of hydrogen-bond acceptors (Lipinski definition) is 4. The summed E-state index contributed by atoms with van der Waals surface area (Å²) in [6.45, 7) is 2.08. The maximum atomic E-state index is 11.6. The molecule has 1 aliphatic heterocycles. The van der Waals surface area contributed by atoms with E-state index < -0.39 is 5.54 Å². The lowest BCUT2D eigenvalue weighted by atomic mass is 10.0. The number of aliphatic hydroxyl groups is 2. The summed E-state index contributed by atoms with van der Waals surface area (Å²) in [6.07, 6.45) is 0.707. The smallest absolute Gasteiger partial charge is 0.226 e. The van der Waals surface area contributed by atoms with Gasteiger partial charge in [0.25, 0.3) is 0 Å². The highest BCUT2D eigenvalue weighted by Crippen LogP contribution is 2.13. The van der Waals surface area contributed by atoms with E-state index in [9.17, 15) is 4.79 Å². The van der Waals surface area contributed by atoms with E-state index in [1.165, 1.54) is 0 Å². The van der Waals surface area contributed by atoms with Crippen molar-refractivity contribution in [3.8, 4) is 0 Å². The van der Waals surface area contributed by atoms with E-state index in [0.717, 1.165) is 0 Å². The summed E-state index contributed by atoms with van der Waals surface area (Å²) in [7, 11) is 0. The summed E-state index contributed by atoms with van der Waals surface area (Å²) < 4.78 is 5.07. The van der Waals surface area contributed by atoms with Crippen LogP contribution in [0, 0.1) is 5.92 Å². The normalized spacial score (nSPS) is 22.4. The third-order valence-corrected chi connectivity index (χ3v) is 2.42. The van der Waals surface area contributed by atoms with Gasteiger partial charge in [-0.2, -0.15) is 0 Å². The Kier molecular flexibility index (Phi) is 3.86. The number of aliphatic hydroxyl groups excluding tert-OH is 2. The van der Waals surface area contributed by atoms with E-state index in [1.807, 2.05) is 0 Å². The van der Waals surface area contributed by atoms with Gasteiger partial charge in [-0.05, 0) is 13.3 Å². The number of ether oxygens (including phenoxy) is 1. The molecular formula is C9H17NO4. The number of hydrogen-bond donors (Lipinski definition) is 3. The zero-order valence-electron chi connectivity index (χ0n) is 8.32. The van der Waals surface area contributed by atoms with Crippen molar-refractivity contribution in [2.75, 3.05) is 26.4 Å². The summed E-state index contributed by atoms with van der Waals surface area (Å²) in [4.78, 5) is 11.6. The first-order valence-electron chi connectivity index (χ1n) is 4.73. The maximum absolute atomic E-state index is 11.6. The monoisotopic (exact) mass is 203 g/mol. The van der Waals surface area contributed by atoms with E-state index in [1.54, 1.807) is 6.92 Å². The first-order chi connectivity index (χ1) is 6.61. The Balaban J connectivity index is 2.45. The van der Waals surface area contributed by atoms with Crippen molar-refractivity contribution in [1.82, 2.24) is 5.32 Å². The Morgan fingerprint density at radius 3 is 2.64 bits per heavy atom. The molecule has 1 saturated heterocycles. The van der Waals surface area contributed by atoms with Gasteiger partial charge in [-0.15, -0.1) is 0 Å². The van der Waals surface area contributed by atoms with Gasteiger partial charge in [0.1, 0.15) is 0 Å². The van der Waals surface area contributed by atoms with Crippen molar-refractivity contribution >= 4 is 5.91 Å². The van der Waals surface area contributed by atoms with Crippen LogP contribution >= 0.6 is 0 Å². The minimum atomic E-state index is -0.931. The van der Waals surface area contributed by atoms with E-state index in [2.05, 4.69) is 5.32 Å². The molecule has 82 valence electrons. The van der Waals surface area contributed by atoms with Crippen LogP contribution in [0.15, 0.2) is 0 Å². The number of nitrogens with one attached hydrogen (secondary N) is 1. The quantitative estimate of drug-likeness (QED) is 0.541. The molecule has 1 unspecified atom stereocenters. The molecular weight excluding hydrogens is 186 g/mol. The summed E-state index contributed by atoms with van der Waals surface area (Å²) in [6, 6.07) is 0. The van der Waals surface area contributed by atoms with E-state index in [0.29, 0.717) is 19.6 Å². The Morgan fingerprint density at radius 2 is 2.21 bits per heavy atom. The van der Waals surface area contributed by atoms with Gasteiger partial charge in [0.15, 0.2) is 0 Å². The fourth-order valence-corrected chi connectivity index (χ4v) is 1.27. The molecule has 1 amide bonds. The molecule has 3 N–H and O–H groups in total. The molecule has 0 bridgehead atoms. The molecule has 1 fully saturated rings. The number of amides is 1. The van der Waals surface area contributed by atoms with Crippen LogP contribution in [-0.4, -0.2) is 48.1 Å². The summed E-state index contributed by atoms with van der Waals surface area (Å²) in [5, 5.41) is 20.6. The van der Waals surface area contributed by atoms with Gasteiger partial charge in [-0.1, -0.05) is 0 Å². The first-order valence-corrected chi connectivity index (χ1v) is 4.73. The predicted octanol–water partition coefficient (Wildman–Crippen LogP) is -1.12. The highest BCUT2D eigenvalue weighted by molar-refractivity contribution is 5.79. The van der Waals surface area contributed by atoms with Crippen molar-refractivity contribution in [1.29, 1.82) is 0 Å². The van der Waals surface area contributed by atoms with Crippen LogP contribution in [-0.2, 0) is 9.53 Å². The summed E-state index contributed by atoms with van der Waals surface area (Å²) in [5.74, 6) is -0.305. The molecule has 5 nitrogen and oxygen atoms in total. The molecule has 1 rings (SSSR count). The zero-order chi connectivity index (χ0) is 10.6. The number of rotatable bonds is 4. The second-order valence-electron chi connectivity index (χ2n) is 3.93. The van der Waals surface area contributed by atoms with Gasteiger partial charge in [0, 0.05) is 6.61 Å². The Morgan fingerprint density at radius 1 is 1.57 bits per heavy atom. The van der Waals surface area contributed by atoms with Gasteiger partial charge in [0.2, 0.25) is 5.91 Å². The van der Waals surface area contributed by atoms with Crippen molar-refractivity contribution < 1.29 is 19.7 Å². The molecule has 0 aromatic rings. The lowest BCUT2D eigenvalue weighted by Crippen LogP contribution is -2.53. The van der Waals surface area contributed by atoms with Crippen molar-refractivity contribution in [2.24, 2.45) is 5.92 Å². The molecule has 5 heteroatoms. The lowest BCUT2D eigenvalue weighted by Gasteiger charge is -2.27. The molecule has 0 aliphatic carbocycles. The second kappa shape index (κ2) is 4.72. The third-order valence-electron chi connectivity index (χ3n) is 2.42. The highest BCUT2D eigenvalue weighted by Gasteiger charge is 2.30. The molecule has 0 radical (unpaired) electrons. The average Bonchev–Trinajstić information content (AvgIpc) is 2.70. The molecule has 14 heavy (non-hydrogen) atoms. The predicted molar refractivity (Wildman–Crippen MR) is 49.6 cm³/mol. The third kappa shape index (κ3) is 2.67. The summed E-state index contributed by atoms with van der Waals surface area (Å²) in [5.41, 5.74) is -0.931. The van der Waals surface area contributed by atoms with Gasteiger partial charge in [-0.25, -0.2) is 0 Å². The van der Waals surface area contributed by atoms with Crippen LogP contribution in [0.4, 0.5) is 0 Å². The molecule has 1 heterocycles. The number of carbonyl (C=O) groups excluding carboxylic acids is 1. The van der Waals surface area contributed by atoms with Crippen LogP contribution in [0.25, 0.3) is 0 Å². The molecule has 1 atom stereocenters. The van der Waals surface area contributed by atoms with E-state index >= 15 is 0 Å². The van der Waals surface area contributed by atoms with Gasteiger partial charge >= 0.3 is 0 Å². The summed E-state index contributed by atoms with van der Waals surface area (Å²) >= 11 is 0. The van der Waals surface area contributed by atoms with Gasteiger partial charge in [-0.3, -0.25) is 4.79 Å². The van der Waals surface area contributed by atoms with Crippen molar-refractivity contribution in [2.45, 2.75) is 18.9 Å². The largest absolute Gasteiger partial charge is 0.394 e. The average molecular weight is 203 g/mol. The number of carbonyl (C=O) groups is 1. The zero-order valence-corrected chi connectivity index (χ0v) is 8.32. The highest BCUT2D eigenvalue weighted by atomic mass is 16.5. The van der Waals surface area contributed by atoms with Gasteiger partial charge < -0.3 is 20.3 Å². The molecule has 0 aromatic carbocycles. The maximum Gasteiger partial charge on any atom is 0.226 e.